The summed E-state index contributed by atoms with van der Waals surface area (Å²) in [5.74, 6) is -0.0969. The van der Waals surface area contributed by atoms with E-state index in [4.69, 9.17) is 9.47 Å². The molecule has 188 valence electrons. The molecule has 1 aromatic rings. The fourth-order valence-corrected chi connectivity index (χ4v) is 6.33. The number of thiophene rings is 1. The summed E-state index contributed by atoms with van der Waals surface area (Å²) < 4.78 is 10.6. The second-order valence-corrected chi connectivity index (χ2v) is 12.1. The highest BCUT2D eigenvalue weighted by Crippen LogP contribution is 2.41. The van der Waals surface area contributed by atoms with Crippen molar-refractivity contribution < 1.29 is 23.9 Å². The minimum atomic E-state index is -0.653. The van der Waals surface area contributed by atoms with E-state index in [0.717, 1.165) is 30.6 Å². The van der Waals surface area contributed by atoms with Crippen molar-refractivity contribution in [3.05, 3.63) is 15.8 Å². The van der Waals surface area contributed by atoms with Gasteiger partial charge in [-0.15, -0.1) is 11.3 Å². The number of hydrogen-bond donors (Lipinski definition) is 0. The first-order valence-corrected chi connectivity index (χ1v) is 13.4. The van der Waals surface area contributed by atoms with Gasteiger partial charge in [0.15, 0.2) is 0 Å². The van der Waals surface area contributed by atoms with Gasteiger partial charge in [-0.3, -0.25) is 14.5 Å². The van der Waals surface area contributed by atoms with Gasteiger partial charge in [-0.05, 0) is 49.5 Å². The number of likely N-dealkylation sites (tertiary alicyclic amines) is 1. The fourth-order valence-electron chi connectivity index (χ4n) is 5.20. The van der Waals surface area contributed by atoms with E-state index in [1.807, 2.05) is 17.9 Å². The molecule has 3 fully saturated rings. The molecule has 3 aliphatic rings. The molecule has 0 radical (unpaired) electrons. The molecular weight excluding hydrogens is 452 g/mol. The molecule has 0 N–H and O–H groups in total. The molecule has 2 aliphatic heterocycles. The van der Waals surface area contributed by atoms with Crippen LogP contribution in [0.4, 0.5) is 5.69 Å². The summed E-state index contributed by atoms with van der Waals surface area (Å²) >= 11 is 1.36. The van der Waals surface area contributed by atoms with Crippen LogP contribution in [0.3, 0.4) is 0 Å². The Hall–Kier alpha value is -1.93. The summed E-state index contributed by atoms with van der Waals surface area (Å²) in [6.45, 7) is 11.5. The normalized spacial score (nSPS) is 27.2. The van der Waals surface area contributed by atoms with Crippen LogP contribution in [-0.4, -0.2) is 61.1 Å². The van der Waals surface area contributed by atoms with Gasteiger partial charge in [0, 0.05) is 17.3 Å². The first-order chi connectivity index (χ1) is 16.1. The third kappa shape index (κ3) is 4.51. The number of hydrogen-bond acceptors (Lipinski definition) is 6. The van der Waals surface area contributed by atoms with Crippen molar-refractivity contribution in [3.8, 4) is 0 Å². The molecule has 0 bridgehead atoms. The first-order valence-electron chi connectivity index (χ1n) is 12.5. The summed E-state index contributed by atoms with van der Waals surface area (Å²) in [5.41, 5.74) is 0.313. The zero-order chi connectivity index (χ0) is 24.8. The first kappa shape index (κ1) is 25.2. The number of carbonyl (C=O) groups is 3. The molecule has 0 spiro atoms. The van der Waals surface area contributed by atoms with Crippen molar-refractivity contribution in [1.82, 2.24) is 4.90 Å². The number of amides is 2. The molecule has 8 heteroatoms. The Morgan fingerprint density at radius 2 is 1.91 bits per heavy atom. The molecule has 2 amide bonds. The van der Waals surface area contributed by atoms with Crippen LogP contribution in [0.1, 0.15) is 81.3 Å². The lowest BCUT2D eigenvalue weighted by atomic mass is 9.82. The minimum Gasteiger partial charge on any atom is -0.465 e. The molecule has 2 saturated heterocycles. The zero-order valence-corrected chi connectivity index (χ0v) is 22.1. The summed E-state index contributed by atoms with van der Waals surface area (Å²) in [6, 6.07) is 1.39. The van der Waals surface area contributed by atoms with E-state index >= 15 is 0 Å². The van der Waals surface area contributed by atoms with E-state index in [-0.39, 0.29) is 35.3 Å². The largest absolute Gasteiger partial charge is 0.465 e. The van der Waals surface area contributed by atoms with Crippen molar-refractivity contribution in [2.75, 3.05) is 25.2 Å². The number of carbonyl (C=O) groups excluding carboxylic acids is 3. The molecule has 2 unspecified atom stereocenters. The average Bonchev–Trinajstić information content (AvgIpc) is 3.23. The van der Waals surface area contributed by atoms with Crippen molar-refractivity contribution in [3.63, 3.8) is 0 Å². The predicted molar refractivity (Wildman–Crippen MR) is 132 cm³/mol. The van der Waals surface area contributed by atoms with Crippen LogP contribution < -0.4 is 4.90 Å². The fraction of sp³-hybridized carbons (Fsp3) is 0.731. The molecule has 34 heavy (non-hydrogen) atoms. The Balaban J connectivity index is 1.75. The van der Waals surface area contributed by atoms with Gasteiger partial charge in [0.2, 0.25) is 11.8 Å². The van der Waals surface area contributed by atoms with E-state index in [2.05, 4.69) is 27.7 Å². The second-order valence-electron chi connectivity index (χ2n) is 11.1. The lowest BCUT2D eigenvalue weighted by molar-refractivity contribution is -0.216. The topological polar surface area (TPSA) is 76.2 Å². The number of fused-ring (bicyclic) bond motifs is 1. The van der Waals surface area contributed by atoms with Crippen LogP contribution in [0.25, 0.3) is 0 Å². The number of methoxy groups -OCH3 is 1. The molecule has 7 nitrogen and oxygen atoms in total. The van der Waals surface area contributed by atoms with E-state index in [0.29, 0.717) is 36.1 Å². The van der Waals surface area contributed by atoms with Crippen molar-refractivity contribution in [2.45, 2.75) is 90.3 Å². The third-order valence-electron chi connectivity index (χ3n) is 7.64. The Kier molecular flexibility index (Phi) is 7.11. The van der Waals surface area contributed by atoms with Crippen molar-refractivity contribution in [1.29, 1.82) is 0 Å². The van der Waals surface area contributed by atoms with E-state index in [9.17, 15) is 14.4 Å². The monoisotopic (exact) mass is 490 g/mol. The Morgan fingerprint density at radius 3 is 2.38 bits per heavy atom. The van der Waals surface area contributed by atoms with Crippen molar-refractivity contribution in [2.24, 2.45) is 11.8 Å². The Morgan fingerprint density at radius 1 is 1.24 bits per heavy atom. The predicted octanol–water partition coefficient (Wildman–Crippen LogP) is 4.38. The smallest absolute Gasteiger partial charge is 0.350 e. The molecular formula is C26H38N2O5S. The van der Waals surface area contributed by atoms with Crippen LogP contribution in [-0.2, 0) is 24.5 Å². The lowest BCUT2D eigenvalue weighted by Crippen LogP contribution is -2.74. The summed E-state index contributed by atoms with van der Waals surface area (Å²) in [6.07, 6.45) is 4.24. The van der Waals surface area contributed by atoms with Gasteiger partial charge in [0.05, 0.1) is 31.5 Å². The number of anilines is 1. The van der Waals surface area contributed by atoms with Crippen LogP contribution in [0, 0.1) is 11.8 Å². The highest BCUT2D eigenvalue weighted by atomic mass is 32.1. The maximum absolute atomic E-state index is 14.1. The number of ether oxygens (including phenoxy) is 2. The van der Waals surface area contributed by atoms with Gasteiger partial charge in [0.1, 0.15) is 10.9 Å². The average molecular weight is 491 g/mol. The van der Waals surface area contributed by atoms with Gasteiger partial charge >= 0.3 is 5.97 Å². The summed E-state index contributed by atoms with van der Waals surface area (Å²) in [4.78, 5) is 45.6. The van der Waals surface area contributed by atoms with E-state index in [1.54, 1.807) is 4.90 Å². The van der Waals surface area contributed by atoms with Gasteiger partial charge in [0.25, 0.3) is 0 Å². The van der Waals surface area contributed by atoms with E-state index < -0.39 is 12.0 Å². The lowest BCUT2D eigenvalue weighted by Gasteiger charge is -2.55. The van der Waals surface area contributed by atoms with Crippen molar-refractivity contribution >= 4 is 34.8 Å². The van der Waals surface area contributed by atoms with Gasteiger partial charge in [-0.1, -0.05) is 34.6 Å². The second kappa shape index (κ2) is 9.61. The molecule has 3 heterocycles. The SMILES string of the molecule is CC[C@@H](C(=O)N1CC2OCC21)N(c1cc(C(C)(C)C)sc1C(=O)OC)C(=O)[C@H]1CC[C@H](C)CC1. The zero-order valence-electron chi connectivity index (χ0n) is 21.3. The molecule has 0 aromatic carbocycles. The van der Waals surface area contributed by atoms with Gasteiger partial charge in [-0.25, -0.2) is 4.79 Å². The molecule has 1 aliphatic carbocycles. The van der Waals surface area contributed by atoms with Crippen LogP contribution >= 0.6 is 11.3 Å². The third-order valence-corrected chi connectivity index (χ3v) is 9.17. The molecule has 1 aromatic heterocycles. The molecule has 4 rings (SSSR count). The van der Waals surface area contributed by atoms with Crippen LogP contribution in [0.2, 0.25) is 0 Å². The van der Waals surface area contributed by atoms with E-state index in [1.165, 1.54) is 18.4 Å². The highest BCUT2D eigenvalue weighted by molar-refractivity contribution is 7.14. The number of nitrogens with zero attached hydrogens (tertiary/aromatic N) is 2. The Bertz CT molecular complexity index is 943. The van der Waals surface area contributed by atoms with Gasteiger partial charge in [-0.2, -0.15) is 0 Å². The summed E-state index contributed by atoms with van der Waals surface area (Å²) in [5, 5.41) is 0. The van der Waals surface area contributed by atoms with Gasteiger partial charge < -0.3 is 14.4 Å². The maximum atomic E-state index is 14.1. The number of rotatable bonds is 6. The standard InChI is InChI=1S/C26H38N2O5S/c1-7-17(24(30)27-13-20-19(27)14-33-20)28(23(29)16-10-8-15(2)9-11-16)18-12-21(26(3,4)5)34-22(18)25(31)32-6/h12,15-17,19-20H,7-11,13-14H2,1-6H3/t15-,16-,17-,19?,20?/m0/s1. The number of esters is 1. The van der Waals surface area contributed by atoms with Crippen LogP contribution in [0.15, 0.2) is 6.07 Å². The minimum absolute atomic E-state index is 0.0440. The maximum Gasteiger partial charge on any atom is 0.350 e. The molecule has 3 atom stereocenters. The highest BCUT2D eigenvalue weighted by Gasteiger charge is 2.52. The summed E-state index contributed by atoms with van der Waals surface area (Å²) in [7, 11) is 1.36. The van der Waals surface area contributed by atoms with Crippen LogP contribution in [0.5, 0.6) is 0 Å². The Labute approximate surface area is 206 Å². The number of morpholine rings is 1. The quantitative estimate of drug-likeness (QED) is 0.553. The molecule has 1 saturated carbocycles.